The summed E-state index contributed by atoms with van der Waals surface area (Å²) in [6.07, 6.45) is 6.39. The van der Waals surface area contributed by atoms with Gasteiger partial charge in [-0.05, 0) is 35.9 Å². The van der Waals surface area contributed by atoms with Crippen LogP contribution in [0.15, 0.2) is 91.1 Å². The zero-order chi connectivity index (χ0) is 27.4. The van der Waals surface area contributed by atoms with Gasteiger partial charge in [-0.25, -0.2) is 13.4 Å². The first-order valence-corrected chi connectivity index (χ1v) is 14.4. The number of thiazole rings is 1. The summed E-state index contributed by atoms with van der Waals surface area (Å²) >= 11 is 1.36. The Bertz CT molecular complexity index is 1570. The second-order valence-electron chi connectivity index (χ2n) is 8.64. The van der Waals surface area contributed by atoms with E-state index in [1.807, 2.05) is 18.2 Å². The Labute approximate surface area is 230 Å². The molecule has 0 atom stereocenters. The molecule has 4 aromatic rings. The Kier molecular flexibility index (Phi) is 7.73. The summed E-state index contributed by atoms with van der Waals surface area (Å²) < 4.78 is 39.7. The molecule has 0 spiro atoms. The van der Waals surface area contributed by atoms with Crippen molar-refractivity contribution in [2.24, 2.45) is 0 Å². The van der Waals surface area contributed by atoms with Gasteiger partial charge in [0.2, 0.25) is 10.0 Å². The second-order valence-corrected chi connectivity index (χ2v) is 11.6. The number of aromatic nitrogens is 2. The first kappa shape index (κ1) is 26.5. The molecule has 1 aliphatic heterocycles. The van der Waals surface area contributed by atoms with Gasteiger partial charge in [0.15, 0.2) is 16.6 Å². The lowest BCUT2D eigenvalue weighted by Crippen LogP contribution is -2.32. The molecular weight excluding hydrogens is 536 g/mol. The zero-order valence-corrected chi connectivity index (χ0v) is 22.7. The van der Waals surface area contributed by atoms with E-state index in [9.17, 15) is 13.2 Å². The molecule has 9 nitrogen and oxygen atoms in total. The van der Waals surface area contributed by atoms with Gasteiger partial charge in [-0.2, -0.15) is 4.31 Å². The lowest BCUT2D eigenvalue weighted by atomic mass is 10.2. The van der Waals surface area contributed by atoms with E-state index >= 15 is 0 Å². The predicted octanol–water partition coefficient (Wildman–Crippen LogP) is 4.67. The number of carbonyl (C=O) groups is 1. The summed E-state index contributed by atoms with van der Waals surface area (Å²) in [6.45, 7) is 8.72. The first-order chi connectivity index (χ1) is 18.9. The van der Waals surface area contributed by atoms with E-state index in [0.29, 0.717) is 40.9 Å². The van der Waals surface area contributed by atoms with Crippen LogP contribution in [0.25, 0.3) is 10.2 Å². The molecule has 0 N–H and O–H groups in total. The van der Waals surface area contributed by atoms with Crippen molar-refractivity contribution in [2.75, 3.05) is 31.2 Å². The van der Waals surface area contributed by atoms with Crippen LogP contribution in [0.5, 0.6) is 11.5 Å². The molecule has 3 heterocycles. The standard InChI is InChI=1S/C28H26N4O5S2/c1-3-12-31(13-4-2)39(34,35)22-9-7-21(8-10-22)27(33)32(19-20-6-5-11-29-18-20)28-30-23-16-24-25(17-26(23)38-28)37-15-14-36-24/h3-11,16-18H,1-2,12-15,19H2. The number of nitrogens with zero attached hydrogens (tertiary/aromatic N) is 4. The fourth-order valence-electron chi connectivity index (χ4n) is 4.10. The van der Waals surface area contributed by atoms with Crippen molar-refractivity contribution in [3.05, 3.63) is 97.4 Å². The molecule has 2 aromatic carbocycles. The summed E-state index contributed by atoms with van der Waals surface area (Å²) in [4.78, 5) is 24.4. The van der Waals surface area contributed by atoms with Crippen molar-refractivity contribution in [1.82, 2.24) is 14.3 Å². The van der Waals surface area contributed by atoms with E-state index < -0.39 is 10.0 Å². The molecular formula is C28H26N4O5S2. The lowest BCUT2D eigenvalue weighted by Gasteiger charge is -2.21. The number of carbonyl (C=O) groups excluding carboxylic acids is 1. The number of benzene rings is 2. The van der Waals surface area contributed by atoms with Crippen molar-refractivity contribution in [3.8, 4) is 11.5 Å². The van der Waals surface area contributed by atoms with Gasteiger partial charge >= 0.3 is 0 Å². The van der Waals surface area contributed by atoms with Gasteiger partial charge in [0.05, 0.1) is 21.7 Å². The SMILES string of the molecule is C=CCN(CC=C)S(=O)(=O)c1ccc(C(=O)N(Cc2cccnc2)c2nc3cc4c(cc3s2)OCCO4)cc1. The average Bonchev–Trinajstić information content (AvgIpc) is 3.37. The molecule has 0 fully saturated rings. The molecule has 200 valence electrons. The Morgan fingerprint density at radius 1 is 1.03 bits per heavy atom. The van der Waals surface area contributed by atoms with Gasteiger partial charge in [-0.3, -0.25) is 14.7 Å². The van der Waals surface area contributed by atoms with Crippen molar-refractivity contribution in [2.45, 2.75) is 11.4 Å². The van der Waals surface area contributed by atoms with Crippen LogP contribution in [0.3, 0.4) is 0 Å². The van der Waals surface area contributed by atoms with Gasteiger partial charge in [0.1, 0.15) is 13.2 Å². The van der Waals surface area contributed by atoms with Crippen LogP contribution in [0.2, 0.25) is 0 Å². The van der Waals surface area contributed by atoms with Crippen LogP contribution in [0, 0.1) is 0 Å². The number of rotatable bonds is 10. The highest BCUT2D eigenvalue weighted by molar-refractivity contribution is 7.89. The van der Waals surface area contributed by atoms with Crippen LogP contribution in [-0.4, -0.2) is 54.9 Å². The number of hydrogen-bond donors (Lipinski definition) is 0. The molecule has 0 bridgehead atoms. The van der Waals surface area contributed by atoms with Crippen LogP contribution in [0.4, 0.5) is 5.13 Å². The maximum Gasteiger partial charge on any atom is 0.260 e. The minimum atomic E-state index is -3.79. The third-order valence-corrected chi connectivity index (χ3v) is 8.87. The fourth-order valence-corrected chi connectivity index (χ4v) is 6.46. The average molecular weight is 563 g/mol. The normalized spacial score (nSPS) is 12.8. The summed E-state index contributed by atoms with van der Waals surface area (Å²) in [5.74, 6) is 0.940. The van der Waals surface area contributed by atoms with Crippen molar-refractivity contribution < 1.29 is 22.7 Å². The van der Waals surface area contributed by atoms with Crippen LogP contribution >= 0.6 is 11.3 Å². The summed E-state index contributed by atoms with van der Waals surface area (Å²) in [6, 6.07) is 13.3. The van der Waals surface area contributed by atoms with E-state index in [4.69, 9.17) is 14.5 Å². The number of pyridine rings is 1. The van der Waals surface area contributed by atoms with E-state index in [1.165, 1.54) is 52.1 Å². The van der Waals surface area contributed by atoms with E-state index in [2.05, 4.69) is 18.1 Å². The summed E-state index contributed by atoms with van der Waals surface area (Å²) in [5.41, 5.74) is 1.83. The van der Waals surface area contributed by atoms with Crippen molar-refractivity contribution in [1.29, 1.82) is 0 Å². The molecule has 0 saturated carbocycles. The van der Waals surface area contributed by atoms with Crippen molar-refractivity contribution in [3.63, 3.8) is 0 Å². The number of hydrogen-bond acceptors (Lipinski definition) is 8. The molecule has 39 heavy (non-hydrogen) atoms. The minimum absolute atomic E-state index is 0.0760. The van der Waals surface area contributed by atoms with Crippen LogP contribution < -0.4 is 14.4 Å². The second kappa shape index (κ2) is 11.4. The maximum atomic E-state index is 13.8. The molecule has 0 aliphatic carbocycles. The largest absolute Gasteiger partial charge is 0.486 e. The van der Waals surface area contributed by atoms with Gasteiger partial charge in [-0.1, -0.05) is 29.6 Å². The van der Waals surface area contributed by atoms with E-state index in [-0.39, 0.29) is 30.4 Å². The lowest BCUT2D eigenvalue weighted by molar-refractivity contribution is 0.0985. The van der Waals surface area contributed by atoms with E-state index in [1.54, 1.807) is 23.4 Å². The predicted molar refractivity (Wildman–Crippen MR) is 151 cm³/mol. The molecule has 5 rings (SSSR count). The van der Waals surface area contributed by atoms with Gasteiger partial charge in [0.25, 0.3) is 5.91 Å². The monoisotopic (exact) mass is 562 g/mol. The zero-order valence-electron chi connectivity index (χ0n) is 21.0. The highest BCUT2D eigenvalue weighted by Gasteiger charge is 2.26. The first-order valence-electron chi connectivity index (χ1n) is 12.1. The molecule has 0 radical (unpaired) electrons. The Hall–Kier alpha value is -4.06. The van der Waals surface area contributed by atoms with Crippen molar-refractivity contribution >= 4 is 42.6 Å². The number of fused-ring (bicyclic) bond motifs is 2. The fraction of sp³-hybridized carbons (Fsp3) is 0.179. The van der Waals surface area contributed by atoms with Gasteiger partial charge < -0.3 is 9.47 Å². The molecule has 0 unspecified atom stereocenters. The van der Waals surface area contributed by atoms with Crippen LogP contribution in [-0.2, 0) is 16.6 Å². The molecule has 1 aliphatic rings. The maximum absolute atomic E-state index is 13.8. The number of anilines is 1. The summed E-state index contributed by atoms with van der Waals surface area (Å²) in [7, 11) is -3.79. The number of sulfonamides is 1. The third-order valence-electron chi connectivity index (χ3n) is 5.99. The molecule has 11 heteroatoms. The molecule has 2 aromatic heterocycles. The Morgan fingerprint density at radius 3 is 2.36 bits per heavy atom. The number of amides is 1. The van der Waals surface area contributed by atoms with Crippen LogP contribution in [0.1, 0.15) is 15.9 Å². The molecule has 0 saturated heterocycles. The molecule has 1 amide bonds. The topological polar surface area (TPSA) is 102 Å². The van der Waals surface area contributed by atoms with E-state index in [0.717, 1.165) is 10.3 Å². The smallest absolute Gasteiger partial charge is 0.260 e. The Balaban J connectivity index is 1.49. The highest BCUT2D eigenvalue weighted by Crippen LogP contribution is 2.39. The van der Waals surface area contributed by atoms with Gasteiger partial charge in [0, 0.05) is 43.2 Å². The quantitative estimate of drug-likeness (QED) is 0.259. The third kappa shape index (κ3) is 5.56. The number of ether oxygens (including phenoxy) is 2. The van der Waals surface area contributed by atoms with Gasteiger partial charge in [-0.15, -0.1) is 13.2 Å². The highest BCUT2D eigenvalue weighted by atomic mass is 32.2. The summed E-state index contributed by atoms with van der Waals surface area (Å²) in [5, 5.41) is 0.487. The minimum Gasteiger partial charge on any atom is -0.486 e. The Morgan fingerprint density at radius 2 is 1.72 bits per heavy atom.